The predicted molar refractivity (Wildman–Crippen MR) is 89.9 cm³/mol. The summed E-state index contributed by atoms with van der Waals surface area (Å²) in [5.74, 6) is 0. The number of sulfone groups is 1. The highest BCUT2D eigenvalue weighted by molar-refractivity contribution is 7.94. The van der Waals surface area contributed by atoms with Gasteiger partial charge in [0.25, 0.3) is 0 Å². The average Bonchev–Trinajstić information content (AvgIpc) is 2.95. The van der Waals surface area contributed by atoms with Crippen LogP contribution in [0, 0.1) is 0 Å². The first-order chi connectivity index (χ1) is 11.6. The number of nitrogens with zero attached hydrogens (tertiary/aromatic N) is 1. The molecule has 6 heteroatoms. The van der Waals surface area contributed by atoms with Gasteiger partial charge in [-0.2, -0.15) is 0 Å². The molecular formula is C18H17NO4S. The van der Waals surface area contributed by atoms with E-state index in [9.17, 15) is 13.2 Å². The van der Waals surface area contributed by atoms with E-state index in [0.717, 1.165) is 11.0 Å². The standard InChI is InChI=1S/C18H17NO4S/c20-18-19(11-12-24(21,22)17-9-5-2-6-10-17)16(14-23-18)13-15-7-3-1-4-8-15/h1-12,16H,13-14H2/b12-11-. The zero-order valence-electron chi connectivity index (χ0n) is 12.9. The van der Waals surface area contributed by atoms with Gasteiger partial charge < -0.3 is 4.74 Å². The van der Waals surface area contributed by atoms with Crippen molar-refractivity contribution in [2.45, 2.75) is 17.4 Å². The maximum atomic E-state index is 12.3. The number of cyclic esters (lactones) is 1. The fraction of sp³-hybridized carbons (Fsp3) is 0.167. The van der Waals surface area contributed by atoms with Crippen LogP contribution in [0.2, 0.25) is 0 Å². The third-order valence-electron chi connectivity index (χ3n) is 3.79. The highest BCUT2D eigenvalue weighted by Gasteiger charge is 2.31. The number of rotatable bonds is 5. The minimum atomic E-state index is -3.60. The quantitative estimate of drug-likeness (QED) is 0.837. The van der Waals surface area contributed by atoms with Gasteiger partial charge in [0.05, 0.1) is 16.3 Å². The second kappa shape index (κ2) is 6.88. The number of hydrogen-bond acceptors (Lipinski definition) is 4. The number of carbonyl (C=O) groups excluding carboxylic acids is 1. The van der Waals surface area contributed by atoms with E-state index >= 15 is 0 Å². The molecule has 1 aliphatic rings. The zero-order valence-corrected chi connectivity index (χ0v) is 13.7. The van der Waals surface area contributed by atoms with E-state index in [1.807, 2.05) is 30.3 Å². The molecule has 24 heavy (non-hydrogen) atoms. The highest BCUT2D eigenvalue weighted by Crippen LogP contribution is 2.19. The SMILES string of the molecule is O=C1OCC(Cc2ccccc2)N1/C=C\S(=O)(=O)c1ccccc1. The molecule has 0 radical (unpaired) electrons. The van der Waals surface area contributed by atoms with Gasteiger partial charge in [0.15, 0.2) is 0 Å². The minimum Gasteiger partial charge on any atom is -0.447 e. The van der Waals surface area contributed by atoms with Crippen LogP contribution in [0.3, 0.4) is 0 Å². The van der Waals surface area contributed by atoms with E-state index in [1.165, 1.54) is 23.2 Å². The molecule has 0 spiro atoms. The van der Waals surface area contributed by atoms with E-state index in [2.05, 4.69) is 0 Å². The fourth-order valence-electron chi connectivity index (χ4n) is 2.53. The third kappa shape index (κ3) is 3.65. The molecule has 1 atom stereocenters. The van der Waals surface area contributed by atoms with Crippen LogP contribution in [-0.4, -0.2) is 32.1 Å². The lowest BCUT2D eigenvalue weighted by molar-refractivity contribution is 0.166. The lowest BCUT2D eigenvalue weighted by Gasteiger charge is -2.17. The van der Waals surface area contributed by atoms with E-state index < -0.39 is 15.9 Å². The van der Waals surface area contributed by atoms with Crippen molar-refractivity contribution in [2.24, 2.45) is 0 Å². The summed E-state index contributed by atoms with van der Waals surface area (Å²) in [4.78, 5) is 13.4. The minimum absolute atomic E-state index is 0.188. The monoisotopic (exact) mass is 343 g/mol. The van der Waals surface area contributed by atoms with Crippen molar-refractivity contribution in [3.05, 3.63) is 77.8 Å². The van der Waals surface area contributed by atoms with Crippen LogP contribution >= 0.6 is 0 Å². The van der Waals surface area contributed by atoms with Crippen LogP contribution in [0.25, 0.3) is 0 Å². The lowest BCUT2D eigenvalue weighted by Crippen LogP contribution is -2.30. The molecule has 0 aromatic heterocycles. The summed E-state index contributed by atoms with van der Waals surface area (Å²) in [6, 6.07) is 17.6. The highest BCUT2D eigenvalue weighted by atomic mass is 32.2. The summed E-state index contributed by atoms with van der Waals surface area (Å²) in [7, 11) is -3.60. The van der Waals surface area contributed by atoms with Crippen LogP contribution < -0.4 is 0 Å². The van der Waals surface area contributed by atoms with Gasteiger partial charge in [0.1, 0.15) is 6.61 Å². The number of ether oxygens (including phenoxy) is 1. The molecule has 5 nitrogen and oxygen atoms in total. The number of amides is 1. The summed E-state index contributed by atoms with van der Waals surface area (Å²) in [6.07, 6.45) is 1.36. The van der Waals surface area contributed by atoms with Crippen molar-refractivity contribution >= 4 is 15.9 Å². The Kier molecular flexibility index (Phi) is 4.66. The van der Waals surface area contributed by atoms with Gasteiger partial charge in [0.2, 0.25) is 9.84 Å². The topological polar surface area (TPSA) is 63.7 Å². The first-order valence-electron chi connectivity index (χ1n) is 7.53. The number of benzene rings is 2. The molecule has 2 aromatic carbocycles. The summed E-state index contributed by atoms with van der Waals surface area (Å²) in [5, 5.41) is 1.05. The molecular weight excluding hydrogens is 326 g/mol. The molecule has 0 N–H and O–H groups in total. The van der Waals surface area contributed by atoms with Crippen molar-refractivity contribution in [3.8, 4) is 0 Å². The Morgan fingerprint density at radius 2 is 1.67 bits per heavy atom. The first kappa shape index (κ1) is 16.3. The second-order valence-corrected chi connectivity index (χ2v) is 7.30. The van der Waals surface area contributed by atoms with Crippen molar-refractivity contribution in [2.75, 3.05) is 6.61 Å². The van der Waals surface area contributed by atoms with Gasteiger partial charge in [-0.05, 0) is 24.1 Å². The van der Waals surface area contributed by atoms with Crippen LogP contribution in [-0.2, 0) is 21.0 Å². The lowest BCUT2D eigenvalue weighted by atomic mass is 10.1. The van der Waals surface area contributed by atoms with E-state index in [-0.39, 0.29) is 17.5 Å². The molecule has 124 valence electrons. The van der Waals surface area contributed by atoms with Gasteiger partial charge in [0, 0.05) is 6.20 Å². The maximum absolute atomic E-state index is 12.3. The second-order valence-electron chi connectivity index (χ2n) is 5.47. The fourth-order valence-corrected chi connectivity index (χ4v) is 3.52. The molecule has 1 amide bonds. The van der Waals surface area contributed by atoms with Gasteiger partial charge >= 0.3 is 6.09 Å². The molecule has 1 aliphatic heterocycles. The Hall–Kier alpha value is -2.60. The normalized spacial score (nSPS) is 18.1. The molecule has 0 bridgehead atoms. The molecule has 0 aliphatic carbocycles. The van der Waals surface area contributed by atoms with Gasteiger partial charge in [-0.1, -0.05) is 48.5 Å². The van der Waals surface area contributed by atoms with Gasteiger partial charge in [-0.25, -0.2) is 13.2 Å². The molecule has 2 aromatic rings. The predicted octanol–water partition coefficient (Wildman–Crippen LogP) is 3.00. The van der Waals surface area contributed by atoms with Gasteiger partial charge in [-0.3, -0.25) is 4.90 Å². The largest absolute Gasteiger partial charge is 0.447 e. The summed E-state index contributed by atoms with van der Waals surface area (Å²) in [6.45, 7) is 0.240. The molecule has 1 fully saturated rings. The molecule has 3 rings (SSSR count). The molecule has 1 heterocycles. The van der Waals surface area contributed by atoms with Crippen molar-refractivity contribution < 1.29 is 17.9 Å². The van der Waals surface area contributed by atoms with Crippen molar-refractivity contribution in [1.82, 2.24) is 4.90 Å². The van der Waals surface area contributed by atoms with E-state index in [1.54, 1.807) is 18.2 Å². The Balaban J connectivity index is 1.78. The first-order valence-corrected chi connectivity index (χ1v) is 9.08. The third-order valence-corrected chi connectivity index (χ3v) is 5.20. The number of carbonyl (C=O) groups is 1. The smallest absolute Gasteiger partial charge is 0.414 e. The van der Waals surface area contributed by atoms with Gasteiger partial charge in [-0.15, -0.1) is 0 Å². The number of hydrogen-bond donors (Lipinski definition) is 0. The van der Waals surface area contributed by atoms with Crippen LogP contribution in [0.1, 0.15) is 5.56 Å². The average molecular weight is 343 g/mol. The van der Waals surface area contributed by atoms with Crippen LogP contribution in [0.4, 0.5) is 4.79 Å². The van der Waals surface area contributed by atoms with Crippen molar-refractivity contribution in [1.29, 1.82) is 0 Å². The van der Waals surface area contributed by atoms with E-state index in [4.69, 9.17) is 4.74 Å². The maximum Gasteiger partial charge on any atom is 0.414 e. The molecule has 1 unspecified atom stereocenters. The Morgan fingerprint density at radius 1 is 1.04 bits per heavy atom. The van der Waals surface area contributed by atoms with Crippen LogP contribution in [0.15, 0.2) is 77.2 Å². The molecule has 1 saturated heterocycles. The zero-order chi connectivity index (χ0) is 17.0. The summed E-state index contributed by atoms with van der Waals surface area (Å²) < 4.78 is 29.7. The Labute approximate surface area is 141 Å². The Bertz CT molecular complexity index is 832. The van der Waals surface area contributed by atoms with Crippen molar-refractivity contribution in [3.63, 3.8) is 0 Å². The summed E-state index contributed by atoms with van der Waals surface area (Å²) >= 11 is 0. The summed E-state index contributed by atoms with van der Waals surface area (Å²) in [5.41, 5.74) is 1.06. The Morgan fingerprint density at radius 3 is 2.33 bits per heavy atom. The van der Waals surface area contributed by atoms with E-state index in [0.29, 0.717) is 6.42 Å². The van der Waals surface area contributed by atoms with Crippen LogP contribution in [0.5, 0.6) is 0 Å². The molecule has 0 saturated carbocycles.